The lowest BCUT2D eigenvalue weighted by molar-refractivity contribution is 0.183. The Morgan fingerprint density at radius 1 is 1.24 bits per heavy atom. The molecule has 0 spiro atoms. The summed E-state index contributed by atoms with van der Waals surface area (Å²) in [6.07, 6.45) is -0.318. The molecule has 0 aromatic heterocycles. The van der Waals surface area contributed by atoms with E-state index in [-0.39, 0.29) is 6.04 Å². The molecule has 1 aromatic rings. The van der Waals surface area contributed by atoms with Crippen LogP contribution in [0.4, 0.5) is 12.3 Å². The highest BCUT2D eigenvalue weighted by atomic mass is 28.5. The first kappa shape index (κ1) is 14.2. The smallest absolute Gasteiger partial charge is 0.385 e. The van der Waals surface area contributed by atoms with Gasteiger partial charge in [-0.2, -0.15) is 0 Å². The molecule has 0 aliphatic heterocycles. The summed E-state index contributed by atoms with van der Waals surface area (Å²) in [5, 5.41) is 2.57. The largest absolute Gasteiger partial charge is 0.630 e. The van der Waals surface area contributed by atoms with Crippen LogP contribution in [0.1, 0.15) is 18.0 Å². The van der Waals surface area contributed by atoms with Crippen molar-refractivity contribution in [2.24, 2.45) is 0 Å². The molecule has 0 heterocycles. The number of rotatable bonds is 7. The number of halogens is 3. The third-order valence-corrected chi connectivity index (χ3v) is 2.97. The van der Waals surface area contributed by atoms with E-state index in [4.69, 9.17) is 4.74 Å². The first-order valence-corrected chi connectivity index (χ1v) is 7.21. The van der Waals surface area contributed by atoms with Crippen LogP contribution in [-0.4, -0.2) is 29.0 Å². The zero-order valence-corrected chi connectivity index (χ0v) is 10.6. The van der Waals surface area contributed by atoms with Crippen molar-refractivity contribution in [3.05, 3.63) is 35.9 Å². The van der Waals surface area contributed by atoms with Gasteiger partial charge in [-0.05, 0) is 12.0 Å². The molecule has 1 N–H and O–H groups in total. The monoisotopic (exact) mass is 263 g/mol. The minimum absolute atomic E-state index is 0.301. The van der Waals surface area contributed by atoms with Gasteiger partial charge >= 0.3 is 9.08 Å². The van der Waals surface area contributed by atoms with E-state index in [1.54, 1.807) is 7.11 Å². The number of nitrogens with one attached hydrogen (secondary N) is 1. The van der Waals surface area contributed by atoms with E-state index in [1.807, 2.05) is 30.3 Å². The third-order valence-electron chi connectivity index (χ3n) is 2.36. The normalized spacial score (nSPS) is 13.6. The molecule has 2 nitrogen and oxygen atoms in total. The first-order valence-electron chi connectivity index (χ1n) is 5.37. The summed E-state index contributed by atoms with van der Waals surface area (Å²) < 4.78 is 41.8. The summed E-state index contributed by atoms with van der Waals surface area (Å²) in [6, 6.07) is 8.83. The fourth-order valence-electron chi connectivity index (χ4n) is 1.55. The summed E-state index contributed by atoms with van der Waals surface area (Å²) in [5.74, 6) is 0. The zero-order valence-electron chi connectivity index (χ0n) is 9.63. The molecule has 1 rings (SSSR count). The molecule has 1 atom stereocenters. The molecule has 0 aliphatic rings. The van der Waals surface area contributed by atoms with E-state index >= 15 is 0 Å². The van der Waals surface area contributed by atoms with E-state index in [1.165, 1.54) is 0 Å². The van der Waals surface area contributed by atoms with Gasteiger partial charge in [-0.15, -0.1) is 0 Å². The first-order chi connectivity index (χ1) is 8.03. The van der Waals surface area contributed by atoms with Crippen LogP contribution in [0.3, 0.4) is 0 Å². The highest BCUT2D eigenvalue weighted by Crippen LogP contribution is 2.18. The van der Waals surface area contributed by atoms with Gasteiger partial charge in [0.15, 0.2) is 0 Å². The van der Waals surface area contributed by atoms with Crippen LogP contribution in [0.15, 0.2) is 30.3 Å². The highest BCUT2D eigenvalue weighted by molar-refractivity contribution is 6.58. The fourth-order valence-corrected chi connectivity index (χ4v) is 2.02. The van der Waals surface area contributed by atoms with Gasteiger partial charge in [0.2, 0.25) is 0 Å². The molecule has 0 radical (unpaired) electrons. The average Bonchev–Trinajstić information content (AvgIpc) is 2.29. The SMILES string of the molecule is COCCC(NC[Si](F)(F)F)c1ccccc1. The Kier molecular flexibility index (Phi) is 5.67. The Hall–Kier alpha value is -0.853. The van der Waals surface area contributed by atoms with Crippen LogP contribution in [0, 0.1) is 0 Å². The lowest BCUT2D eigenvalue weighted by Gasteiger charge is -2.19. The Bertz CT molecular complexity index is 318. The second kappa shape index (κ2) is 6.78. The number of hydrogen-bond acceptors (Lipinski definition) is 2. The third kappa shape index (κ3) is 5.85. The van der Waals surface area contributed by atoms with Gasteiger partial charge in [-0.25, -0.2) is 12.3 Å². The number of methoxy groups -OCH3 is 1. The minimum atomic E-state index is -5.54. The van der Waals surface area contributed by atoms with Crippen molar-refractivity contribution in [1.82, 2.24) is 5.32 Å². The molecule has 0 bridgehead atoms. The van der Waals surface area contributed by atoms with E-state index in [2.05, 4.69) is 5.32 Å². The van der Waals surface area contributed by atoms with Gasteiger partial charge in [0, 0.05) is 19.8 Å². The van der Waals surface area contributed by atoms with E-state index in [0.717, 1.165) is 5.56 Å². The molecule has 0 fully saturated rings. The molecule has 1 aromatic carbocycles. The molecule has 1 unspecified atom stereocenters. The molecule has 0 aliphatic carbocycles. The summed E-state index contributed by atoms with van der Waals surface area (Å²) in [5.41, 5.74) is 0.864. The maximum atomic E-state index is 12.3. The topological polar surface area (TPSA) is 21.3 Å². The van der Waals surface area contributed by atoms with Crippen molar-refractivity contribution in [2.75, 3.05) is 19.9 Å². The van der Waals surface area contributed by atoms with Crippen molar-refractivity contribution in [2.45, 2.75) is 12.5 Å². The molecule has 0 amide bonds. The van der Waals surface area contributed by atoms with Gasteiger partial charge in [0.05, 0.1) is 6.17 Å². The van der Waals surface area contributed by atoms with Gasteiger partial charge < -0.3 is 10.1 Å². The number of ether oxygens (including phenoxy) is 1. The summed E-state index contributed by atoms with van der Waals surface area (Å²) >= 11 is 0. The summed E-state index contributed by atoms with van der Waals surface area (Å²) in [7, 11) is -4.00. The van der Waals surface area contributed by atoms with Crippen molar-refractivity contribution in [3.63, 3.8) is 0 Å². The Balaban J connectivity index is 2.61. The van der Waals surface area contributed by atoms with Crippen molar-refractivity contribution in [1.29, 1.82) is 0 Å². The number of benzene rings is 1. The minimum Gasteiger partial charge on any atom is -0.385 e. The molecule has 6 heteroatoms. The zero-order chi connectivity index (χ0) is 12.7. The second-order valence-electron chi connectivity index (χ2n) is 3.74. The van der Waals surface area contributed by atoms with Crippen LogP contribution in [0.2, 0.25) is 0 Å². The van der Waals surface area contributed by atoms with E-state index in [9.17, 15) is 12.3 Å². The molecular weight excluding hydrogens is 247 g/mol. The van der Waals surface area contributed by atoms with Crippen LogP contribution in [0.25, 0.3) is 0 Å². The van der Waals surface area contributed by atoms with Crippen LogP contribution < -0.4 is 5.32 Å². The Labute approximate surface area is 100 Å². The Morgan fingerprint density at radius 3 is 2.41 bits per heavy atom. The van der Waals surface area contributed by atoms with Gasteiger partial charge in [-0.1, -0.05) is 30.3 Å². The fraction of sp³-hybridized carbons (Fsp3) is 0.455. The van der Waals surface area contributed by atoms with Crippen LogP contribution >= 0.6 is 0 Å². The molecular formula is C11H16F3NOSi. The van der Waals surface area contributed by atoms with Crippen LogP contribution in [-0.2, 0) is 4.74 Å². The maximum absolute atomic E-state index is 12.3. The average molecular weight is 263 g/mol. The predicted octanol–water partition coefficient (Wildman–Crippen LogP) is 2.74. The van der Waals surface area contributed by atoms with Crippen molar-refractivity contribution >= 4 is 9.08 Å². The van der Waals surface area contributed by atoms with Crippen molar-refractivity contribution in [3.8, 4) is 0 Å². The lowest BCUT2D eigenvalue weighted by atomic mass is 10.0. The van der Waals surface area contributed by atoms with Gasteiger partial charge in [0.25, 0.3) is 0 Å². The molecule has 0 saturated carbocycles. The maximum Gasteiger partial charge on any atom is 0.630 e. The predicted molar refractivity (Wildman–Crippen MR) is 62.8 cm³/mol. The van der Waals surface area contributed by atoms with Gasteiger partial charge in [0.1, 0.15) is 0 Å². The van der Waals surface area contributed by atoms with E-state index in [0.29, 0.717) is 13.0 Å². The quantitative estimate of drug-likeness (QED) is 0.603. The lowest BCUT2D eigenvalue weighted by Crippen LogP contribution is -2.36. The van der Waals surface area contributed by atoms with Gasteiger partial charge in [-0.3, -0.25) is 0 Å². The van der Waals surface area contributed by atoms with Crippen molar-refractivity contribution < 1.29 is 17.1 Å². The summed E-state index contributed by atoms with van der Waals surface area (Å²) in [4.78, 5) is 0. The molecule has 17 heavy (non-hydrogen) atoms. The van der Waals surface area contributed by atoms with E-state index < -0.39 is 15.2 Å². The second-order valence-corrected chi connectivity index (χ2v) is 5.32. The number of hydrogen-bond donors (Lipinski definition) is 1. The van der Waals surface area contributed by atoms with Crippen LogP contribution in [0.5, 0.6) is 0 Å². The summed E-state index contributed by atoms with van der Waals surface area (Å²) in [6.45, 7) is 0.436. The highest BCUT2D eigenvalue weighted by Gasteiger charge is 2.37. The Morgan fingerprint density at radius 2 is 1.88 bits per heavy atom. The molecule has 96 valence electrons. The standard InChI is InChI=1S/C11H16F3NOSi/c1-16-8-7-11(15-9-17(12,13)14)10-5-3-2-4-6-10/h2-6,11,15H,7-9H2,1H3. The molecule has 0 saturated heterocycles.